The van der Waals surface area contributed by atoms with Gasteiger partial charge >= 0.3 is 11.9 Å². The second-order valence-corrected chi connectivity index (χ2v) is 9.54. The highest BCUT2D eigenvalue weighted by molar-refractivity contribution is 8.76. The lowest BCUT2D eigenvalue weighted by Gasteiger charge is -2.42. The minimum absolute atomic E-state index is 0.202. The smallest absolute Gasteiger partial charge is 0.321 e. The van der Waals surface area contributed by atoms with Crippen molar-refractivity contribution in [2.24, 2.45) is 0 Å². The van der Waals surface area contributed by atoms with E-state index in [0.717, 1.165) is 35.8 Å². The first-order valence-electron chi connectivity index (χ1n) is 9.48. The Balaban J connectivity index is 1.75. The topological polar surface area (TPSA) is 151 Å². The third-order valence-electron chi connectivity index (χ3n) is 4.84. The minimum atomic E-state index is -1.04. The number of piperidine rings is 2. The van der Waals surface area contributed by atoms with Crippen LogP contribution in [0.5, 0.6) is 0 Å². The van der Waals surface area contributed by atoms with Crippen LogP contribution >= 0.6 is 21.6 Å². The zero-order chi connectivity index (χ0) is 20.5. The second-order valence-electron chi connectivity index (χ2n) is 6.99. The largest absolute Gasteiger partial charge is 0.784 e. The molecule has 0 radical (unpaired) electrons. The van der Waals surface area contributed by atoms with E-state index >= 15 is 0 Å². The first kappa shape index (κ1) is 23.7. The second kappa shape index (κ2) is 12.2. The molecule has 2 saturated heterocycles. The van der Waals surface area contributed by atoms with Crippen LogP contribution < -0.4 is 10.6 Å². The van der Waals surface area contributed by atoms with Gasteiger partial charge in [-0.3, -0.25) is 20.2 Å². The molecule has 0 saturated carbocycles. The van der Waals surface area contributed by atoms with Gasteiger partial charge in [-0.05, 0) is 51.6 Å². The summed E-state index contributed by atoms with van der Waals surface area (Å²) >= 11 is 0. The first-order valence-corrected chi connectivity index (χ1v) is 12.0. The van der Waals surface area contributed by atoms with E-state index in [1.165, 1.54) is 21.6 Å². The van der Waals surface area contributed by atoms with E-state index < -0.39 is 36.4 Å². The number of aliphatic carboxylic acids is 2. The van der Waals surface area contributed by atoms with Gasteiger partial charge in [-0.15, -0.1) is 0 Å². The fraction of sp³-hybridized carbons (Fsp3) is 0.875. The molecule has 0 aromatic heterocycles. The maximum Gasteiger partial charge on any atom is 0.321 e. The fourth-order valence-corrected chi connectivity index (χ4v) is 5.56. The Labute approximate surface area is 172 Å². The molecule has 10 nitrogen and oxygen atoms in total. The van der Waals surface area contributed by atoms with E-state index in [2.05, 4.69) is 10.6 Å². The van der Waals surface area contributed by atoms with E-state index in [1.807, 2.05) is 0 Å². The van der Waals surface area contributed by atoms with Crippen LogP contribution in [0.25, 0.3) is 0 Å². The summed E-state index contributed by atoms with van der Waals surface area (Å²) in [5.41, 5.74) is 0. The summed E-state index contributed by atoms with van der Waals surface area (Å²) in [6.45, 7) is 0.797. The first-order chi connectivity index (χ1) is 13.4. The van der Waals surface area contributed by atoms with E-state index in [0.29, 0.717) is 25.9 Å². The van der Waals surface area contributed by atoms with Crippen LogP contribution in [0.15, 0.2) is 0 Å². The van der Waals surface area contributed by atoms with Gasteiger partial charge in [0.25, 0.3) is 0 Å². The molecule has 28 heavy (non-hydrogen) atoms. The Kier molecular flexibility index (Phi) is 10.3. The Morgan fingerprint density at radius 3 is 1.57 bits per heavy atom. The van der Waals surface area contributed by atoms with Crippen molar-refractivity contribution in [3.05, 3.63) is 10.4 Å². The average molecular weight is 437 g/mol. The molecule has 162 valence electrons. The predicted molar refractivity (Wildman–Crippen MR) is 109 cm³/mol. The van der Waals surface area contributed by atoms with Gasteiger partial charge in [0.05, 0.1) is 0 Å². The molecule has 0 spiro atoms. The summed E-state index contributed by atoms with van der Waals surface area (Å²) in [6, 6.07) is -1.77. The summed E-state index contributed by atoms with van der Waals surface area (Å²) in [4.78, 5) is 22.9. The van der Waals surface area contributed by atoms with Gasteiger partial charge < -0.3 is 30.8 Å². The number of carboxylic acid groups (broad SMARTS) is 2. The normalized spacial score (nSPS) is 26.6. The minimum Gasteiger partial charge on any atom is -0.784 e. The summed E-state index contributed by atoms with van der Waals surface area (Å²) in [6.07, 6.45) is 3.63. The third-order valence-corrected chi connectivity index (χ3v) is 7.27. The molecule has 12 heteroatoms. The summed E-state index contributed by atoms with van der Waals surface area (Å²) in [5.74, 6) is -1.67. The molecule has 0 aromatic rings. The molecule has 2 aliphatic heterocycles. The van der Waals surface area contributed by atoms with Crippen LogP contribution in [0.2, 0.25) is 0 Å². The third kappa shape index (κ3) is 7.67. The van der Waals surface area contributed by atoms with Gasteiger partial charge in [-0.25, -0.2) is 0 Å². The molecule has 2 aliphatic rings. The van der Waals surface area contributed by atoms with Crippen LogP contribution in [0, 0.1) is 10.4 Å². The Hall–Kier alpha value is -0.600. The number of rotatable bonds is 11. The van der Waals surface area contributed by atoms with Gasteiger partial charge in [0.1, 0.15) is 12.1 Å². The van der Waals surface area contributed by atoms with Gasteiger partial charge in [0.2, 0.25) is 0 Å². The van der Waals surface area contributed by atoms with Crippen molar-refractivity contribution in [2.75, 3.05) is 24.6 Å². The lowest BCUT2D eigenvalue weighted by atomic mass is 10.1. The molecular weight excluding hydrogens is 408 g/mol. The quantitative estimate of drug-likeness (QED) is 0.271. The number of hydrogen-bond acceptors (Lipinski definition) is 10. The van der Waals surface area contributed by atoms with Gasteiger partial charge in [-0.1, -0.05) is 21.6 Å². The molecule has 0 bridgehead atoms. The fourth-order valence-electron chi connectivity index (χ4n) is 3.22. The van der Waals surface area contributed by atoms with Crippen molar-refractivity contribution in [1.29, 1.82) is 0 Å². The molecule has 0 amide bonds. The molecule has 4 unspecified atom stereocenters. The number of hydrogen-bond donors (Lipinski definition) is 4. The number of hydroxylamine groups is 4. The zero-order valence-electron chi connectivity index (χ0n) is 15.6. The van der Waals surface area contributed by atoms with Crippen LogP contribution in [-0.4, -0.2) is 81.3 Å². The molecule has 4 atom stereocenters. The van der Waals surface area contributed by atoms with E-state index in [-0.39, 0.29) is 11.5 Å². The lowest BCUT2D eigenvalue weighted by Crippen LogP contribution is -2.53. The molecule has 2 rings (SSSR count). The highest BCUT2D eigenvalue weighted by Crippen LogP contribution is 2.25. The number of carbonyl (C=O) groups is 2. The van der Waals surface area contributed by atoms with Crippen molar-refractivity contribution in [2.45, 2.75) is 62.9 Å². The molecule has 4 N–H and O–H groups in total. The Bertz CT molecular complexity index is 474. The Morgan fingerprint density at radius 2 is 1.25 bits per heavy atom. The SMILES string of the molecule is O=C(O)C(CSSCC(NC1CCCCN1[O-])C(=O)O)NC1CCCCN1[O-]. The highest BCUT2D eigenvalue weighted by atomic mass is 33.1. The van der Waals surface area contributed by atoms with Crippen molar-refractivity contribution >= 4 is 33.5 Å². The number of carboxylic acids is 2. The van der Waals surface area contributed by atoms with Crippen LogP contribution in [0.4, 0.5) is 0 Å². The van der Waals surface area contributed by atoms with Crippen LogP contribution in [0.1, 0.15) is 38.5 Å². The molecule has 2 fully saturated rings. The summed E-state index contributed by atoms with van der Waals surface area (Å²) in [7, 11) is 2.49. The Morgan fingerprint density at radius 1 is 0.857 bits per heavy atom. The van der Waals surface area contributed by atoms with Gasteiger partial charge in [0, 0.05) is 23.8 Å². The summed E-state index contributed by atoms with van der Waals surface area (Å²) in [5, 5.41) is 49.9. The van der Waals surface area contributed by atoms with Gasteiger partial charge in [-0.2, -0.15) is 0 Å². The van der Waals surface area contributed by atoms with E-state index in [1.54, 1.807) is 0 Å². The molecule has 2 heterocycles. The van der Waals surface area contributed by atoms with Crippen molar-refractivity contribution in [3.8, 4) is 0 Å². The average Bonchev–Trinajstić information content (AvgIpc) is 2.65. The monoisotopic (exact) mass is 436 g/mol. The van der Waals surface area contributed by atoms with Crippen molar-refractivity contribution < 1.29 is 19.8 Å². The maximum atomic E-state index is 11.8. The highest BCUT2D eigenvalue weighted by Gasteiger charge is 2.26. The van der Waals surface area contributed by atoms with Crippen molar-refractivity contribution in [1.82, 2.24) is 20.8 Å². The maximum absolute atomic E-state index is 11.8. The van der Waals surface area contributed by atoms with Crippen LogP contribution in [0.3, 0.4) is 0 Å². The molecule has 0 aliphatic carbocycles. The van der Waals surface area contributed by atoms with E-state index in [9.17, 15) is 30.2 Å². The number of nitrogens with one attached hydrogen (secondary N) is 2. The standard InChI is InChI=1S/C16H28N4O6S2/c21-15(22)11(17-13-5-1-3-7-19(13)25)9-27-28-10-12(16(23)24)18-14-6-2-4-8-20(14)26/h11-14,17-18H,1-10H2,(H,21,22)(H,23,24)/q-2. The van der Waals surface area contributed by atoms with Crippen molar-refractivity contribution in [3.63, 3.8) is 0 Å². The predicted octanol–water partition coefficient (Wildman–Crippen LogP) is 1.07. The summed E-state index contributed by atoms with van der Waals surface area (Å²) < 4.78 is 0. The molecular formula is C16H28N4O6S2-2. The number of nitrogens with zero attached hydrogens (tertiary/aromatic N) is 2. The zero-order valence-corrected chi connectivity index (χ0v) is 17.3. The van der Waals surface area contributed by atoms with Crippen LogP contribution in [-0.2, 0) is 9.59 Å². The lowest BCUT2D eigenvalue weighted by molar-refractivity contribution is -0.140. The van der Waals surface area contributed by atoms with Gasteiger partial charge in [0.15, 0.2) is 0 Å². The van der Waals surface area contributed by atoms with E-state index in [4.69, 9.17) is 0 Å². The molecule has 0 aromatic carbocycles.